The highest BCUT2D eigenvalue weighted by Gasteiger charge is 2.31. The van der Waals surface area contributed by atoms with Crippen molar-refractivity contribution in [3.8, 4) is 0 Å². The molecule has 3 unspecified atom stereocenters. The highest BCUT2D eigenvalue weighted by atomic mass is 16.1. The molecule has 3 heteroatoms. The molecule has 2 fully saturated rings. The lowest BCUT2D eigenvalue weighted by Crippen LogP contribution is -2.44. The maximum Gasteiger partial charge on any atom is 0.223 e. The lowest BCUT2D eigenvalue weighted by atomic mass is 9.79. The molecule has 2 aliphatic carbocycles. The van der Waals surface area contributed by atoms with Gasteiger partial charge in [0.25, 0.3) is 0 Å². The molecule has 1 amide bonds. The van der Waals surface area contributed by atoms with Gasteiger partial charge >= 0.3 is 0 Å². The lowest BCUT2D eigenvalue weighted by molar-refractivity contribution is -0.127. The third-order valence-electron chi connectivity index (χ3n) is 5.12. The number of hydrogen-bond acceptors (Lipinski definition) is 2. The monoisotopic (exact) mass is 266 g/mol. The highest BCUT2D eigenvalue weighted by Crippen LogP contribution is 2.30. The van der Waals surface area contributed by atoms with Crippen molar-refractivity contribution in [2.24, 2.45) is 23.5 Å². The number of carbonyl (C=O) groups is 1. The van der Waals surface area contributed by atoms with Crippen LogP contribution in [0.2, 0.25) is 0 Å². The molecular formula is C16H30N2O. The first-order chi connectivity index (χ1) is 9.08. The summed E-state index contributed by atoms with van der Waals surface area (Å²) in [6.45, 7) is 4.49. The number of nitrogens with one attached hydrogen (secondary N) is 1. The van der Waals surface area contributed by atoms with Crippen molar-refractivity contribution in [1.29, 1.82) is 0 Å². The van der Waals surface area contributed by atoms with Crippen molar-refractivity contribution in [1.82, 2.24) is 5.32 Å². The summed E-state index contributed by atoms with van der Waals surface area (Å²) in [4.78, 5) is 12.3. The second-order valence-electron chi connectivity index (χ2n) is 6.90. The quantitative estimate of drug-likeness (QED) is 0.825. The zero-order valence-electron chi connectivity index (χ0n) is 12.5. The Morgan fingerprint density at radius 1 is 1.16 bits per heavy atom. The molecule has 0 aromatic carbocycles. The van der Waals surface area contributed by atoms with Gasteiger partial charge in [-0.05, 0) is 56.8 Å². The average Bonchev–Trinajstić information content (AvgIpc) is 2.38. The first-order valence-corrected chi connectivity index (χ1v) is 8.14. The van der Waals surface area contributed by atoms with E-state index in [9.17, 15) is 4.79 Å². The molecule has 0 spiro atoms. The summed E-state index contributed by atoms with van der Waals surface area (Å²) in [6.07, 6.45) is 9.15. The Labute approximate surface area is 117 Å². The van der Waals surface area contributed by atoms with Crippen LogP contribution in [0.5, 0.6) is 0 Å². The van der Waals surface area contributed by atoms with Crippen LogP contribution in [-0.4, -0.2) is 18.0 Å². The van der Waals surface area contributed by atoms with Crippen molar-refractivity contribution in [3.63, 3.8) is 0 Å². The van der Waals surface area contributed by atoms with E-state index in [-0.39, 0.29) is 17.9 Å². The molecule has 110 valence electrons. The van der Waals surface area contributed by atoms with Crippen LogP contribution in [0.3, 0.4) is 0 Å². The SMILES string of the molecule is CCC1CCC(NC(=O)C2CC(C)CC(N)C2)CC1. The van der Waals surface area contributed by atoms with Gasteiger partial charge in [-0.25, -0.2) is 0 Å². The van der Waals surface area contributed by atoms with E-state index in [1.165, 1.54) is 32.1 Å². The predicted molar refractivity (Wildman–Crippen MR) is 78.7 cm³/mol. The normalized spacial score (nSPS) is 39.8. The average molecular weight is 266 g/mol. The molecule has 0 radical (unpaired) electrons. The topological polar surface area (TPSA) is 55.1 Å². The molecule has 0 bridgehead atoms. The van der Waals surface area contributed by atoms with Crippen LogP contribution in [0, 0.1) is 17.8 Å². The van der Waals surface area contributed by atoms with E-state index in [4.69, 9.17) is 5.73 Å². The summed E-state index contributed by atoms with van der Waals surface area (Å²) in [5, 5.41) is 3.28. The molecule has 3 atom stereocenters. The summed E-state index contributed by atoms with van der Waals surface area (Å²) in [5.41, 5.74) is 6.04. The molecule has 2 saturated carbocycles. The number of hydrogen-bond donors (Lipinski definition) is 2. The van der Waals surface area contributed by atoms with E-state index in [1.807, 2.05) is 0 Å². The number of carbonyl (C=O) groups excluding carboxylic acids is 1. The van der Waals surface area contributed by atoms with Crippen molar-refractivity contribution in [2.75, 3.05) is 0 Å². The Balaban J connectivity index is 1.78. The zero-order valence-corrected chi connectivity index (χ0v) is 12.5. The molecule has 3 N–H and O–H groups in total. The van der Waals surface area contributed by atoms with E-state index in [2.05, 4.69) is 19.2 Å². The van der Waals surface area contributed by atoms with E-state index < -0.39 is 0 Å². The molecular weight excluding hydrogens is 236 g/mol. The van der Waals surface area contributed by atoms with Gasteiger partial charge in [-0.2, -0.15) is 0 Å². The van der Waals surface area contributed by atoms with Gasteiger partial charge < -0.3 is 11.1 Å². The van der Waals surface area contributed by atoms with Gasteiger partial charge in [0.1, 0.15) is 0 Å². The van der Waals surface area contributed by atoms with Crippen molar-refractivity contribution in [3.05, 3.63) is 0 Å². The summed E-state index contributed by atoms with van der Waals surface area (Å²) >= 11 is 0. The van der Waals surface area contributed by atoms with Gasteiger partial charge in [-0.3, -0.25) is 4.79 Å². The molecule has 0 saturated heterocycles. The number of nitrogens with two attached hydrogens (primary N) is 1. The van der Waals surface area contributed by atoms with Crippen LogP contribution in [0.4, 0.5) is 0 Å². The highest BCUT2D eigenvalue weighted by molar-refractivity contribution is 5.79. The Hall–Kier alpha value is -0.570. The van der Waals surface area contributed by atoms with E-state index >= 15 is 0 Å². The van der Waals surface area contributed by atoms with Crippen molar-refractivity contribution < 1.29 is 4.79 Å². The van der Waals surface area contributed by atoms with Crippen molar-refractivity contribution in [2.45, 2.75) is 77.3 Å². The Bertz CT molecular complexity index is 287. The smallest absolute Gasteiger partial charge is 0.223 e. The predicted octanol–water partition coefficient (Wildman–Crippen LogP) is 2.83. The first kappa shape index (κ1) is 14.8. The Kier molecular flexibility index (Phi) is 5.26. The van der Waals surface area contributed by atoms with Crippen LogP contribution in [-0.2, 0) is 4.79 Å². The molecule has 2 rings (SSSR count). The maximum absolute atomic E-state index is 12.3. The Morgan fingerprint density at radius 2 is 1.84 bits per heavy atom. The fraction of sp³-hybridized carbons (Fsp3) is 0.938. The van der Waals surface area contributed by atoms with Crippen LogP contribution < -0.4 is 11.1 Å². The van der Waals surface area contributed by atoms with E-state index in [0.717, 1.165) is 25.2 Å². The van der Waals surface area contributed by atoms with Gasteiger partial charge in [0, 0.05) is 18.0 Å². The molecule has 2 aliphatic rings. The van der Waals surface area contributed by atoms with Gasteiger partial charge in [-0.1, -0.05) is 20.3 Å². The molecule has 0 aliphatic heterocycles. The fourth-order valence-electron chi connectivity index (χ4n) is 3.90. The zero-order chi connectivity index (χ0) is 13.8. The third kappa shape index (κ3) is 4.20. The second kappa shape index (κ2) is 6.74. The standard InChI is InChI=1S/C16H30N2O/c1-3-12-4-6-15(7-5-12)18-16(19)13-8-11(2)9-14(17)10-13/h11-15H,3-10,17H2,1-2H3,(H,18,19). The van der Waals surface area contributed by atoms with Gasteiger partial charge in [0.2, 0.25) is 5.91 Å². The lowest BCUT2D eigenvalue weighted by Gasteiger charge is -2.33. The van der Waals surface area contributed by atoms with E-state index in [1.54, 1.807) is 0 Å². The molecule has 0 aromatic rings. The molecule has 3 nitrogen and oxygen atoms in total. The maximum atomic E-state index is 12.3. The largest absolute Gasteiger partial charge is 0.353 e. The summed E-state index contributed by atoms with van der Waals surface area (Å²) in [7, 11) is 0. The molecule has 19 heavy (non-hydrogen) atoms. The minimum atomic E-state index is 0.155. The minimum absolute atomic E-state index is 0.155. The second-order valence-corrected chi connectivity index (χ2v) is 6.90. The third-order valence-corrected chi connectivity index (χ3v) is 5.12. The fourth-order valence-corrected chi connectivity index (χ4v) is 3.90. The molecule has 0 heterocycles. The summed E-state index contributed by atoms with van der Waals surface area (Å²) < 4.78 is 0. The van der Waals surface area contributed by atoms with Crippen LogP contribution in [0.15, 0.2) is 0 Å². The van der Waals surface area contributed by atoms with E-state index in [0.29, 0.717) is 12.0 Å². The van der Waals surface area contributed by atoms with Crippen LogP contribution in [0.25, 0.3) is 0 Å². The first-order valence-electron chi connectivity index (χ1n) is 8.14. The Morgan fingerprint density at radius 3 is 2.42 bits per heavy atom. The van der Waals surface area contributed by atoms with Crippen LogP contribution in [0.1, 0.15) is 65.2 Å². The number of rotatable bonds is 3. The summed E-state index contributed by atoms with van der Waals surface area (Å²) in [5.74, 6) is 1.90. The van der Waals surface area contributed by atoms with Gasteiger partial charge in [-0.15, -0.1) is 0 Å². The van der Waals surface area contributed by atoms with Crippen molar-refractivity contribution >= 4 is 5.91 Å². The number of amides is 1. The van der Waals surface area contributed by atoms with Gasteiger partial charge in [0.05, 0.1) is 0 Å². The van der Waals surface area contributed by atoms with Gasteiger partial charge in [0.15, 0.2) is 0 Å². The summed E-state index contributed by atoms with van der Waals surface area (Å²) in [6, 6.07) is 0.638. The van der Waals surface area contributed by atoms with Crippen LogP contribution >= 0.6 is 0 Å². The minimum Gasteiger partial charge on any atom is -0.353 e. The molecule has 0 aromatic heterocycles.